The number of likely N-dealkylation sites (N-methyl/N-ethyl adjacent to an activating group) is 1. The van der Waals surface area contributed by atoms with Gasteiger partial charge in [0, 0.05) is 24.5 Å². The fourth-order valence-electron chi connectivity index (χ4n) is 3.45. The Kier molecular flexibility index (Phi) is 9.31. The molecule has 0 heterocycles. The molecule has 0 radical (unpaired) electrons. The zero-order valence-electron chi connectivity index (χ0n) is 18.6. The van der Waals surface area contributed by atoms with Crippen LogP contribution in [0.3, 0.4) is 0 Å². The molecule has 0 aromatic heterocycles. The fraction of sp³-hybridized carbons (Fsp3) is 0.231. The molecule has 5 nitrogen and oxygen atoms in total. The highest BCUT2D eigenvalue weighted by Crippen LogP contribution is 2.27. The molecule has 8 heteroatoms. The van der Waals surface area contributed by atoms with E-state index in [1.54, 1.807) is 24.3 Å². The summed E-state index contributed by atoms with van der Waals surface area (Å²) in [5, 5.41) is 3.53. The lowest BCUT2D eigenvalue weighted by Gasteiger charge is -2.31. The van der Waals surface area contributed by atoms with E-state index in [4.69, 9.17) is 27.9 Å². The van der Waals surface area contributed by atoms with Crippen molar-refractivity contribution in [2.75, 3.05) is 13.2 Å². The Morgan fingerprint density at radius 3 is 2.35 bits per heavy atom. The summed E-state index contributed by atoms with van der Waals surface area (Å²) in [6.07, 6.45) is 0.307. The van der Waals surface area contributed by atoms with Crippen molar-refractivity contribution in [1.29, 1.82) is 0 Å². The Hall–Kier alpha value is -3.09. The van der Waals surface area contributed by atoms with Gasteiger partial charge in [0.1, 0.15) is 17.6 Å². The predicted molar refractivity (Wildman–Crippen MR) is 132 cm³/mol. The summed E-state index contributed by atoms with van der Waals surface area (Å²) < 4.78 is 19.1. The van der Waals surface area contributed by atoms with Gasteiger partial charge >= 0.3 is 0 Å². The summed E-state index contributed by atoms with van der Waals surface area (Å²) >= 11 is 12.1. The Morgan fingerprint density at radius 2 is 1.71 bits per heavy atom. The smallest absolute Gasteiger partial charge is 0.261 e. The van der Waals surface area contributed by atoms with E-state index in [0.29, 0.717) is 29.3 Å². The number of nitrogens with one attached hydrogen (secondary N) is 1. The van der Waals surface area contributed by atoms with Crippen molar-refractivity contribution < 1.29 is 18.7 Å². The van der Waals surface area contributed by atoms with E-state index in [-0.39, 0.29) is 29.9 Å². The molecule has 34 heavy (non-hydrogen) atoms. The Labute approximate surface area is 208 Å². The second-order valence-electron chi connectivity index (χ2n) is 7.61. The number of amides is 2. The van der Waals surface area contributed by atoms with Crippen molar-refractivity contribution in [3.05, 3.63) is 99.8 Å². The molecule has 0 bridgehead atoms. The lowest BCUT2D eigenvalue weighted by Crippen LogP contribution is -2.51. The molecular formula is C26H25Cl2FN2O3. The summed E-state index contributed by atoms with van der Waals surface area (Å²) in [6.45, 7) is 1.99. The van der Waals surface area contributed by atoms with E-state index in [2.05, 4.69) is 5.32 Å². The Balaban J connectivity index is 1.89. The van der Waals surface area contributed by atoms with Gasteiger partial charge in [0.15, 0.2) is 6.61 Å². The van der Waals surface area contributed by atoms with Crippen molar-refractivity contribution in [1.82, 2.24) is 10.2 Å². The van der Waals surface area contributed by atoms with Gasteiger partial charge in [-0.15, -0.1) is 0 Å². The number of hydrogen-bond donors (Lipinski definition) is 1. The summed E-state index contributed by atoms with van der Waals surface area (Å²) in [4.78, 5) is 27.9. The Morgan fingerprint density at radius 1 is 1.00 bits per heavy atom. The number of nitrogens with zero attached hydrogens (tertiary/aromatic N) is 1. The molecule has 0 aliphatic rings. The van der Waals surface area contributed by atoms with E-state index < -0.39 is 11.9 Å². The van der Waals surface area contributed by atoms with E-state index in [9.17, 15) is 14.0 Å². The van der Waals surface area contributed by atoms with Crippen LogP contribution in [-0.4, -0.2) is 35.9 Å². The summed E-state index contributed by atoms with van der Waals surface area (Å²) in [6, 6.07) is 19.2. The first-order valence-corrected chi connectivity index (χ1v) is 11.6. The van der Waals surface area contributed by atoms with E-state index in [1.807, 2.05) is 37.3 Å². The maximum Gasteiger partial charge on any atom is 0.261 e. The van der Waals surface area contributed by atoms with Gasteiger partial charge in [-0.1, -0.05) is 65.7 Å². The van der Waals surface area contributed by atoms with Gasteiger partial charge in [-0.3, -0.25) is 9.59 Å². The number of benzene rings is 3. The van der Waals surface area contributed by atoms with Crippen molar-refractivity contribution >= 4 is 35.0 Å². The number of rotatable bonds is 10. The summed E-state index contributed by atoms with van der Waals surface area (Å²) in [5.74, 6) is -0.778. The molecule has 178 valence electrons. The third kappa shape index (κ3) is 7.20. The van der Waals surface area contributed by atoms with Gasteiger partial charge < -0.3 is 15.0 Å². The topological polar surface area (TPSA) is 58.6 Å². The monoisotopic (exact) mass is 502 g/mol. The molecule has 2 amide bonds. The summed E-state index contributed by atoms with van der Waals surface area (Å²) in [7, 11) is 0. The molecule has 0 saturated carbocycles. The maximum atomic E-state index is 13.4. The van der Waals surface area contributed by atoms with Crippen LogP contribution in [0.5, 0.6) is 5.75 Å². The van der Waals surface area contributed by atoms with Gasteiger partial charge in [-0.05, 0) is 48.4 Å². The highest BCUT2D eigenvalue weighted by molar-refractivity contribution is 6.35. The lowest BCUT2D eigenvalue weighted by molar-refractivity contribution is -0.142. The van der Waals surface area contributed by atoms with Gasteiger partial charge in [0.25, 0.3) is 5.91 Å². The quantitative estimate of drug-likeness (QED) is 0.409. The first-order chi connectivity index (χ1) is 16.4. The van der Waals surface area contributed by atoms with E-state index in [0.717, 1.165) is 5.56 Å². The Bertz CT molecular complexity index is 1110. The largest absolute Gasteiger partial charge is 0.482 e. The zero-order chi connectivity index (χ0) is 24.5. The standard InChI is InChI=1S/C26H25Cl2FN2O3/c1-2-30-26(33)23(14-18-6-4-3-5-7-18)31(16-19-8-11-21(29)12-9-19)25(32)17-34-24-13-10-20(27)15-22(24)28/h3-13,15,23H,2,14,16-17H2,1H3,(H,30,33)/t23-/m0/s1. The maximum absolute atomic E-state index is 13.4. The molecule has 0 saturated heterocycles. The number of hydrogen-bond acceptors (Lipinski definition) is 3. The van der Waals surface area contributed by atoms with Gasteiger partial charge in [0.05, 0.1) is 5.02 Å². The van der Waals surface area contributed by atoms with Crippen LogP contribution >= 0.6 is 23.2 Å². The first-order valence-electron chi connectivity index (χ1n) is 10.8. The molecule has 1 N–H and O–H groups in total. The molecular weight excluding hydrogens is 478 g/mol. The second kappa shape index (κ2) is 12.4. The number of carbonyl (C=O) groups excluding carboxylic acids is 2. The molecule has 3 rings (SSSR count). The van der Waals surface area contributed by atoms with Gasteiger partial charge in [-0.25, -0.2) is 4.39 Å². The lowest BCUT2D eigenvalue weighted by atomic mass is 10.0. The van der Waals surface area contributed by atoms with Crippen molar-refractivity contribution in [3.8, 4) is 5.75 Å². The van der Waals surface area contributed by atoms with Crippen LogP contribution in [0.25, 0.3) is 0 Å². The van der Waals surface area contributed by atoms with Crippen molar-refractivity contribution in [2.45, 2.75) is 25.9 Å². The summed E-state index contributed by atoms with van der Waals surface area (Å²) in [5.41, 5.74) is 1.58. The van der Waals surface area contributed by atoms with Crippen molar-refractivity contribution in [3.63, 3.8) is 0 Å². The van der Waals surface area contributed by atoms with Crippen LogP contribution < -0.4 is 10.1 Å². The zero-order valence-corrected chi connectivity index (χ0v) is 20.2. The van der Waals surface area contributed by atoms with Gasteiger partial charge in [-0.2, -0.15) is 0 Å². The minimum absolute atomic E-state index is 0.103. The average molecular weight is 503 g/mol. The second-order valence-corrected chi connectivity index (χ2v) is 8.46. The molecule has 0 aliphatic carbocycles. The molecule has 0 spiro atoms. The SMILES string of the molecule is CCNC(=O)[C@H](Cc1ccccc1)N(Cc1ccc(F)cc1)C(=O)COc1ccc(Cl)cc1Cl. The predicted octanol–water partition coefficient (Wildman–Crippen LogP) is 5.29. The average Bonchev–Trinajstić information content (AvgIpc) is 2.82. The third-order valence-electron chi connectivity index (χ3n) is 5.13. The molecule has 0 unspecified atom stereocenters. The molecule has 0 aliphatic heterocycles. The number of halogens is 3. The molecule has 3 aromatic carbocycles. The van der Waals surface area contributed by atoms with Crippen LogP contribution in [0.15, 0.2) is 72.8 Å². The molecule has 3 aromatic rings. The van der Waals surface area contributed by atoms with Crippen LogP contribution in [0, 0.1) is 5.82 Å². The molecule has 0 fully saturated rings. The fourth-order valence-corrected chi connectivity index (χ4v) is 3.91. The number of ether oxygens (including phenoxy) is 1. The number of carbonyl (C=O) groups is 2. The van der Waals surface area contributed by atoms with E-state index >= 15 is 0 Å². The first kappa shape index (κ1) is 25.5. The van der Waals surface area contributed by atoms with E-state index in [1.165, 1.54) is 23.1 Å². The van der Waals surface area contributed by atoms with Crippen LogP contribution in [-0.2, 0) is 22.6 Å². The van der Waals surface area contributed by atoms with Crippen molar-refractivity contribution in [2.24, 2.45) is 0 Å². The third-order valence-corrected chi connectivity index (χ3v) is 5.66. The highest BCUT2D eigenvalue weighted by atomic mass is 35.5. The van der Waals surface area contributed by atoms with Gasteiger partial charge in [0.2, 0.25) is 5.91 Å². The normalized spacial score (nSPS) is 11.5. The van der Waals surface area contributed by atoms with Crippen LogP contribution in [0.2, 0.25) is 10.0 Å². The van der Waals surface area contributed by atoms with Crippen LogP contribution in [0.1, 0.15) is 18.1 Å². The minimum atomic E-state index is -0.802. The highest BCUT2D eigenvalue weighted by Gasteiger charge is 2.30. The van der Waals surface area contributed by atoms with Crippen LogP contribution in [0.4, 0.5) is 4.39 Å². The molecule has 1 atom stereocenters. The minimum Gasteiger partial charge on any atom is -0.482 e.